The zero-order valence-corrected chi connectivity index (χ0v) is 18.2. The van der Waals surface area contributed by atoms with E-state index in [1.54, 1.807) is 14.6 Å². The molecule has 1 aliphatic rings. The molecule has 0 fully saturated rings. The van der Waals surface area contributed by atoms with E-state index in [1.807, 2.05) is 0 Å². The topological polar surface area (TPSA) is 0 Å². The summed E-state index contributed by atoms with van der Waals surface area (Å²) in [7, 11) is 0. The SMILES string of the molecule is CCCCCC1CSc2sc(CCc3ccc(CCCC)cc3)cc2C1. The van der Waals surface area contributed by atoms with Gasteiger partial charge in [0.1, 0.15) is 0 Å². The van der Waals surface area contributed by atoms with Crippen LogP contribution in [-0.4, -0.2) is 5.75 Å². The van der Waals surface area contributed by atoms with Crippen molar-refractivity contribution >= 4 is 23.1 Å². The lowest BCUT2D eigenvalue weighted by atomic mass is 9.96. The van der Waals surface area contributed by atoms with Crippen molar-refractivity contribution in [2.75, 3.05) is 5.75 Å². The summed E-state index contributed by atoms with van der Waals surface area (Å²) >= 11 is 4.19. The van der Waals surface area contributed by atoms with Gasteiger partial charge >= 0.3 is 0 Å². The monoisotopic (exact) mass is 386 g/mol. The zero-order chi connectivity index (χ0) is 18.2. The average molecular weight is 387 g/mol. The van der Waals surface area contributed by atoms with Crippen molar-refractivity contribution in [3.63, 3.8) is 0 Å². The Hall–Kier alpha value is -0.730. The Morgan fingerprint density at radius 2 is 1.62 bits per heavy atom. The first-order chi connectivity index (χ1) is 12.8. The molecule has 1 atom stereocenters. The van der Waals surface area contributed by atoms with Crippen molar-refractivity contribution in [1.82, 2.24) is 0 Å². The Morgan fingerprint density at radius 1 is 0.885 bits per heavy atom. The predicted octanol–water partition coefficient (Wildman–Crippen LogP) is 7.72. The molecule has 1 aromatic heterocycles. The zero-order valence-electron chi connectivity index (χ0n) is 16.6. The molecule has 0 aliphatic carbocycles. The Kier molecular flexibility index (Phi) is 8.13. The predicted molar refractivity (Wildman–Crippen MR) is 119 cm³/mol. The van der Waals surface area contributed by atoms with Gasteiger partial charge in [-0.05, 0) is 67.2 Å². The molecule has 0 nitrogen and oxygen atoms in total. The first kappa shape index (κ1) is 20.0. The molecule has 142 valence electrons. The number of fused-ring (bicyclic) bond motifs is 1. The summed E-state index contributed by atoms with van der Waals surface area (Å²) in [5, 5.41) is 0. The second kappa shape index (κ2) is 10.6. The van der Waals surface area contributed by atoms with Gasteiger partial charge in [0.15, 0.2) is 0 Å². The fourth-order valence-corrected chi connectivity index (χ4v) is 6.48. The van der Waals surface area contributed by atoms with Gasteiger partial charge < -0.3 is 0 Å². The van der Waals surface area contributed by atoms with Gasteiger partial charge in [-0.2, -0.15) is 0 Å². The molecular weight excluding hydrogens is 352 g/mol. The average Bonchev–Trinajstić information content (AvgIpc) is 3.08. The Morgan fingerprint density at radius 3 is 2.35 bits per heavy atom. The molecule has 0 spiro atoms. The van der Waals surface area contributed by atoms with Gasteiger partial charge in [0.05, 0.1) is 4.21 Å². The summed E-state index contributed by atoms with van der Waals surface area (Å²) < 4.78 is 1.61. The lowest BCUT2D eigenvalue weighted by Gasteiger charge is -2.21. The van der Waals surface area contributed by atoms with Gasteiger partial charge in [-0.1, -0.05) is 63.8 Å². The van der Waals surface area contributed by atoms with E-state index in [4.69, 9.17) is 0 Å². The van der Waals surface area contributed by atoms with Gasteiger partial charge in [-0.15, -0.1) is 23.1 Å². The summed E-state index contributed by atoms with van der Waals surface area (Å²) in [4.78, 5) is 1.59. The van der Waals surface area contributed by atoms with E-state index in [0.717, 1.165) is 5.92 Å². The highest BCUT2D eigenvalue weighted by Crippen LogP contribution is 2.40. The maximum atomic E-state index is 2.52. The number of unbranched alkanes of at least 4 members (excludes halogenated alkanes) is 3. The number of thioether (sulfide) groups is 1. The minimum atomic E-state index is 0.914. The number of rotatable bonds is 10. The number of thiophene rings is 1. The summed E-state index contributed by atoms with van der Waals surface area (Å²) in [5.41, 5.74) is 4.63. The van der Waals surface area contributed by atoms with Crippen LogP contribution in [0, 0.1) is 5.92 Å². The summed E-state index contributed by atoms with van der Waals surface area (Å²) in [6, 6.07) is 11.9. The fraction of sp³-hybridized carbons (Fsp3) is 0.583. The second-order valence-corrected chi connectivity index (χ2v) is 10.2. The van der Waals surface area contributed by atoms with E-state index >= 15 is 0 Å². The van der Waals surface area contributed by atoms with Gasteiger partial charge in [-0.3, -0.25) is 0 Å². The quantitative estimate of drug-likeness (QED) is 0.377. The Labute approximate surface area is 168 Å². The van der Waals surface area contributed by atoms with Crippen LogP contribution >= 0.6 is 23.1 Å². The van der Waals surface area contributed by atoms with Crippen molar-refractivity contribution in [2.24, 2.45) is 5.92 Å². The van der Waals surface area contributed by atoms with Gasteiger partial charge in [-0.25, -0.2) is 0 Å². The molecule has 0 bridgehead atoms. The summed E-state index contributed by atoms with van der Waals surface area (Å²) in [6.07, 6.45) is 13.1. The van der Waals surface area contributed by atoms with E-state index < -0.39 is 0 Å². The number of hydrogen-bond acceptors (Lipinski definition) is 2. The van der Waals surface area contributed by atoms with Crippen LogP contribution in [0.2, 0.25) is 0 Å². The minimum Gasteiger partial charge on any atom is -0.134 e. The van der Waals surface area contributed by atoms with Crippen molar-refractivity contribution in [2.45, 2.75) is 82.3 Å². The maximum Gasteiger partial charge on any atom is 0.0633 e. The van der Waals surface area contributed by atoms with Crippen LogP contribution in [0.4, 0.5) is 0 Å². The standard InChI is InChI=1S/C24H34S2/c1-3-5-7-9-21-16-22-17-23(26-24(22)25-18-21)15-14-20-12-10-19(11-13-20)8-6-4-2/h10-13,17,21H,3-9,14-16,18H2,1-2H3. The largest absolute Gasteiger partial charge is 0.134 e. The van der Waals surface area contributed by atoms with Crippen molar-refractivity contribution in [1.29, 1.82) is 0 Å². The van der Waals surface area contributed by atoms with Crippen LogP contribution in [-0.2, 0) is 25.7 Å². The van der Waals surface area contributed by atoms with Crippen LogP contribution in [0.1, 0.15) is 73.9 Å². The van der Waals surface area contributed by atoms with E-state index in [0.29, 0.717) is 0 Å². The minimum absolute atomic E-state index is 0.914. The highest BCUT2D eigenvalue weighted by Gasteiger charge is 2.21. The van der Waals surface area contributed by atoms with E-state index in [1.165, 1.54) is 81.1 Å². The fourth-order valence-electron chi connectivity index (χ4n) is 3.81. The number of benzene rings is 1. The third-order valence-electron chi connectivity index (χ3n) is 5.50. The highest BCUT2D eigenvalue weighted by molar-refractivity contribution is 8.01. The number of hydrogen-bond donors (Lipinski definition) is 0. The number of aryl methyl sites for hydroxylation is 3. The second-order valence-electron chi connectivity index (χ2n) is 7.82. The molecule has 1 aliphatic heterocycles. The molecule has 2 aromatic rings. The third kappa shape index (κ3) is 5.89. The lowest BCUT2D eigenvalue weighted by molar-refractivity contribution is 0.494. The normalized spacial score (nSPS) is 16.6. The third-order valence-corrected chi connectivity index (χ3v) is 8.30. The van der Waals surface area contributed by atoms with Gasteiger partial charge in [0, 0.05) is 10.6 Å². The Bertz CT molecular complexity index is 653. The van der Waals surface area contributed by atoms with E-state index in [2.05, 4.69) is 67.3 Å². The first-order valence-electron chi connectivity index (χ1n) is 10.6. The summed E-state index contributed by atoms with van der Waals surface area (Å²) in [6.45, 7) is 4.57. The Balaban J connectivity index is 1.49. The molecule has 2 heteroatoms. The van der Waals surface area contributed by atoms with Crippen molar-refractivity contribution < 1.29 is 0 Å². The molecule has 1 aromatic carbocycles. The molecular formula is C24H34S2. The maximum absolute atomic E-state index is 2.52. The van der Waals surface area contributed by atoms with Crippen molar-refractivity contribution in [3.05, 3.63) is 51.9 Å². The van der Waals surface area contributed by atoms with Crippen LogP contribution in [0.3, 0.4) is 0 Å². The molecule has 0 radical (unpaired) electrons. The molecule has 3 rings (SSSR count). The molecule has 1 unspecified atom stereocenters. The molecule has 26 heavy (non-hydrogen) atoms. The van der Waals surface area contributed by atoms with Gasteiger partial charge in [0.25, 0.3) is 0 Å². The van der Waals surface area contributed by atoms with Crippen LogP contribution in [0.5, 0.6) is 0 Å². The van der Waals surface area contributed by atoms with Crippen LogP contribution in [0.25, 0.3) is 0 Å². The van der Waals surface area contributed by atoms with Gasteiger partial charge in [0.2, 0.25) is 0 Å². The molecule has 2 heterocycles. The molecule has 0 saturated heterocycles. The van der Waals surface area contributed by atoms with Crippen LogP contribution < -0.4 is 0 Å². The molecule has 0 amide bonds. The lowest BCUT2D eigenvalue weighted by Crippen LogP contribution is -2.11. The van der Waals surface area contributed by atoms with E-state index in [-0.39, 0.29) is 0 Å². The first-order valence-corrected chi connectivity index (χ1v) is 12.4. The highest BCUT2D eigenvalue weighted by atomic mass is 32.2. The smallest absolute Gasteiger partial charge is 0.0633 e. The molecule has 0 saturated carbocycles. The van der Waals surface area contributed by atoms with Crippen LogP contribution in [0.15, 0.2) is 34.5 Å². The van der Waals surface area contributed by atoms with E-state index in [9.17, 15) is 0 Å². The molecule has 0 N–H and O–H groups in total. The van der Waals surface area contributed by atoms with Crippen molar-refractivity contribution in [3.8, 4) is 0 Å². The summed E-state index contributed by atoms with van der Waals surface area (Å²) in [5.74, 6) is 2.26.